The number of nitrogens with zero attached hydrogens (tertiary/aromatic N) is 3. The molecule has 0 unspecified atom stereocenters. The van der Waals surface area contributed by atoms with Crippen molar-refractivity contribution in [2.75, 3.05) is 5.32 Å². The predicted octanol–water partition coefficient (Wildman–Crippen LogP) is 4.66. The molecule has 4 rings (SSSR count). The van der Waals surface area contributed by atoms with E-state index in [0.29, 0.717) is 10.8 Å². The van der Waals surface area contributed by atoms with E-state index < -0.39 is 0 Å². The van der Waals surface area contributed by atoms with Crippen molar-refractivity contribution in [1.29, 1.82) is 0 Å². The van der Waals surface area contributed by atoms with E-state index in [-0.39, 0.29) is 11.2 Å². The number of rotatable bonds is 4. The third-order valence-electron chi connectivity index (χ3n) is 4.28. The van der Waals surface area contributed by atoms with Gasteiger partial charge in [-0.05, 0) is 50.8 Å². The Hall–Kier alpha value is -1.70. The van der Waals surface area contributed by atoms with Gasteiger partial charge in [-0.15, -0.1) is 11.3 Å². The summed E-state index contributed by atoms with van der Waals surface area (Å²) >= 11 is 9.08. The van der Waals surface area contributed by atoms with Crippen LogP contribution in [0, 0.1) is 6.92 Å². The average molecular weight is 405 g/mol. The van der Waals surface area contributed by atoms with Gasteiger partial charge in [-0.1, -0.05) is 23.4 Å². The van der Waals surface area contributed by atoms with Crippen LogP contribution in [-0.4, -0.2) is 26.1 Å². The molecule has 0 fully saturated rings. The molecule has 0 aliphatic heterocycles. The Labute approximate surface area is 164 Å². The molecule has 1 aliphatic rings. The third-order valence-corrected chi connectivity index (χ3v) is 6.78. The minimum Gasteiger partial charge on any atom is -0.310 e. The first-order chi connectivity index (χ1) is 12.5. The predicted molar refractivity (Wildman–Crippen MR) is 107 cm³/mol. The van der Waals surface area contributed by atoms with Crippen LogP contribution in [0.2, 0.25) is 5.02 Å². The van der Waals surface area contributed by atoms with Crippen molar-refractivity contribution in [3.8, 4) is 0 Å². The van der Waals surface area contributed by atoms with Gasteiger partial charge in [0.05, 0.1) is 10.3 Å². The maximum Gasteiger partial charge on any atom is 0.238 e. The number of halogens is 1. The third kappa shape index (κ3) is 3.43. The first-order valence-corrected chi connectivity index (χ1v) is 10.5. The van der Waals surface area contributed by atoms with Gasteiger partial charge in [0.2, 0.25) is 5.91 Å². The van der Waals surface area contributed by atoms with Crippen molar-refractivity contribution in [1.82, 2.24) is 15.0 Å². The number of carbonyl (C=O) groups is 1. The molecule has 134 valence electrons. The standard InChI is InChI=1S/C18H17ClN4OS2/c1-9(16(24)23-14-7-6-11(19)8-20-14)25-17-15-12-4-3-5-13(12)26-18(15)22-10(2)21-17/h6-9H,3-5H2,1-2H3,(H,20,23,24)/t9-/m1/s1. The van der Waals surface area contributed by atoms with Crippen LogP contribution >= 0.6 is 34.7 Å². The molecule has 3 aromatic heterocycles. The number of pyridine rings is 1. The molecular formula is C18H17ClN4OS2. The molecular weight excluding hydrogens is 388 g/mol. The highest BCUT2D eigenvalue weighted by Gasteiger charge is 2.24. The number of fused-ring (bicyclic) bond motifs is 3. The molecule has 0 radical (unpaired) electrons. The van der Waals surface area contributed by atoms with Crippen LogP contribution in [0.25, 0.3) is 10.2 Å². The summed E-state index contributed by atoms with van der Waals surface area (Å²) in [6, 6.07) is 3.39. The van der Waals surface area contributed by atoms with E-state index >= 15 is 0 Å². The minimum absolute atomic E-state index is 0.110. The van der Waals surface area contributed by atoms with E-state index in [0.717, 1.165) is 33.9 Å². The van der Waals surface area contributed by atoms with E-state index in [4.69, 9.17) is 11.6 Å². The summed E-state index contributed by atoms with van der Waals surface area (Å²) in [5.74, 6) is 1.13. The largest absolute Gasteiger partial charge is 0.310 e. The maximum absolute atomic E-state index is 12.5. The van der Waals surface area contributed by atoms with Crippen LogP contribution in [0.3, 0.4) is 0 Å². The first-order valence-electron chi connectivity index (χ1n) is 8.39. The molecule has 0 aromatic carbocycles. The van der Waals surface area contributed by atoms with Crippen molar-refractivity contribution in [3.63, 3.8) is 0 Å². The van der Waals surface area contributed by atoms with Gasteiger partial charge in [0.1, 0.15) is 21.5 Å². The van der Waals surface area contributed by atoms with Crippen molar-refractivity contribution in [3.05, 3.63) is 39.6 Å². The van der Waals surface area contributed by atoms with Crippen molar-refractivity contribution in [2.24, 2.45) is 0 Å². The summed E-state index contributed by atoms with van der Waals surface area (Å²) < 4.78 is 0. The van der Waals surface area contributed by atoms with E-state index in [9.17, 15) is 4.79 Å². The molecule has 5 nitrogen and oxygen atoms in total. The highest BCUT2D eigenvalue weighted by atomic mass is 35.5. The van der Waals surface area contributed by atoms with E-state index in [2.05, 4.69) is 20.3 Å². The minimum atomic E-state index is -0.304. The second-order valence-electron chi connectivity index (χ2n) is 6.22. The topological polar surface area (TPSA) is 67.8 Å². The lowest BCUT2D eigenvalue weighted by Gasteiger charge is -2.12. The summed E-state index contributed by atoms with van der Waals surface area (Å²) in [4.78, 5) is 28.4. The van der Waals surface area contributed by atoms with Crippen LogP contribution in [0.5, 0.6) is 0 Å². The Morgan fingerprint density at radius 3 is 2.96 bits per heavy atom. The Kier molecular flexibility index (Phi) is 4.86. The van der Waals surface area contributed by atoms with Crippen LogP contribution < -0.4 is 5.32 Å². The molecule has 1 aliphatic carbocycles. The number of nitrogens with one attached hydrogen (secondary N) is 1. The monoisotopic (exact) mass is 404 g/mol. The second-order valence-corrected chi connectivity index (χ2v) is 9.07. The van der Waals surface area contributed by atoms with E-state index in [1.165, 1.54) is 34.8 Å². The number of aryl methyl sites for hydroxylation is 3. The Morgan fingerprint density at radius 2 is 2.19 bits per heavy atom. The quantitative estimate of drug-likeness (QED) is 0.506. The normalized spacial score (nSPS) is 14.4. The molecule has 1 atom stereocenters. The molecule has 0 spiro atoms. The van der Waals surface area contributed by atoms with Gasteiger partial charge in [0.15, 0.2) is 0 Å². The fraction of sp³-hybridized carbons (Fsp3) is 0.333. The fourth-order valence-corrected chi connectivity index (χ4v) is 5.55. The zero-order valence-corrected chi connectivity index (χ0v) is 16.8. The molecule has 0 saturated heterocycles. The SMILES string of the molecule is Cc1nc(S[C@H](C)C(=O)Nc2ccc(Cl)cn2)c2c3c(sc2n1)CCC3. The van der Waals surface area contributed by atoms with Crippen LogP contribution in [0.1, 0.15) is 29.6 Å². The number of hydrogen-bond donors (Lipinski definition) is 1. The number of amides is 1. The van der Waals surface area contributed by atoms with Gasteiger partial charge in [-0.25, -0.2) is 15.0 Å². The lowest BCUT2D eigenvalue weighted by molar-refractivity contribution is -0.115. The zero-order chi connectivity index (χ0) is 18.3. The van der Waals surface area contributed by atoms with Gasteiger partial charge in [0.25, 0.3) is 0 Å². The zero-order valence-electron chi connectivity index (χ0n) is 14.4. The summed E-state index contributed by atoms with van der Waals surface area (Å²) in [5.41, 5.74) is 1.37. The summed E-state index contributed by atoms with van der Waals surface area (Å²) in [7, 11) is 0. The lowest BCUT2D eigenvalue weighted by atomic mass is 10.2. The van der Waals surface area contributed by atoms with Gasteiger partial charge < -0.3 is 5.32 Å². The number of anilines is 1. The van der Waals surface area contributed by atoms with Gasteiger partial charge in [-0.3, -0.25) is 4.79 Å². The number of aromatic nitrogens is 3. The number of hydrogen-bond acceptors (Lipinski definition) is 6. The summed E-state index contributed by atoms with van der Waals surface area (Å²) in [6.45, 7) is 3.78. The van der Waals surface area contributed by atoms with E-state index in [1.54, 1.807) is 23.5 Å². The summed E-state index contributed by atoms with van der Waals surface area (Å²) in [5, 5.41) is 5.10. The first kappa shape index (κ1) is 17.7. The van der Waals surface area contributed by atoms with Crippen molar-refractivity contribution < 1.29 is 4.79 Å². The number of thiophene rings is 1. The molecule has 1 N–H and O–H groups in total. The summed E-state index contributed by atoms with van der Waals surface area (Å²) in [6.07, 6.45) is 4.90. The van der Waals surface area contributed by atoms with Crippen molar-refractivity contribution >= 4 is 56.6 Å². The molecule has 0 bridgehead atoms. The van der Waals surface area contributed by atoms with E-state index in [1.807, 2.05) is 13.8 Å². The van der Waals surface area contributed by atoms with Crippen LogP contribution in [0.4, 0.5) is 5.82 Å². The van der Waals surface area contributed by atoms with Crippen molar-refractivity contribution in [2.45, 2.75) is 43.4 Å². The number of thioether (sulfide) groups is 1. The fourth-order valence-electron chi connectivity index (χ4n) is 3.05. The lowest BCUT2D eigenvalue weighted by Crippen LogP contribution is -2.23. The van der Waals surface area contributed by atoms with Gasteiger partial charge >= 0.3 is 0 Å². The molecule has 26 heavy (non-hydrogen) atoms. The molecule has 1 amide bonds. The van der Waals surface area contributed by atoms with Crippen LogP contribution in [-0.2, 0) is 17.6 Å². The maximum atomic E-state index is 12.5. The van der Waals surface area contributed by atoms with Crippen LogP contribution in [0.15, 0.2) is 23.4 Å². The van der Waals surface area contributed by atoms with Gasteiger partial charge in [0, 0.05) is 16.5 Å². The smallest absolute Gasteiger partial charge is 0.238 e. The average Bonchev–Trinajstić information content (AvgIpc) is 3.17. The molecule has 3 aromatic rings. The molecule has 3 heterocycles. The Bertz CT molecular complexity index is 987. The Balaban J connectivity index is 1.58. The molecule has 8 heteroatoms. The second kappa shape index (κ2) is 7.13. The van der Waals surface area contributed by atoms with Gasteiger partial charge in [-0.2, -0.15) is 0 Å². The number of carbonyl (C=O) groups excluding carboxylic acids is 1. The Morgan fingerprint density at radius 1 is 1.35 bits per heavy atom. The highest BCUT2D eigenvalue weighted by molar-refractivity contribution is 8.00. The highest BCUT2D eigenvalue weighted by Crippen LogP contribution is 2.41. The molecule has 0 saturated carbocycles.